The maximum atomic E-state index is 11.6. The fourth-order valence-electron chi connectivity index (χ4n) is 1.41. The number of benzene rings is 1. The molecule has 104 valence electrons. The van der Waals surface area contributed by atoms with E-state index in [1.54, 1.807) is 0 Å². The molecule has 0 bridgehead atoms. The summed E-state index contributed by atoms with van der Waals surface area (Å²) in [5, 5.41) is 16.6. The zero-order valence-corrected chi connectivity index (χ0v) is 11.5. The number of amides is 1. The Bertz CT molecular complexity index is 477. The molecule has 1 rings (SSSR count). The maximum absolute atomic E-state index is 11.6. The second-order valence-corrected chi connectivity index (χ2v) is 4.74. The molecule has 0 unspecified atom stereocenters. The fourth-order valence-corrected chi connectivity index (χ4v) is 1.57. The number of carbonyl (C=O) groups is 1. The van der Waals surface area contributed by atoms with Crippen LogP contribution in [0.1, 0.15) is 20.3 Å². The molecule has 7 heteroatoms. The summed E-state index contributed by atoms with van der Waals surface area (Å²) in [5.74, 6) is -0.240. The Morgan fingerprint density at radius 3 is 2.74 bits per heavy atom. The molecule has 1 amide bonds. The molecule has 0 aliphatic heterocycles. The van der Waals surface area contributed by atoms with Gasteiger partial charge in [-0.15, -0.1) is 0 Å². The van der Waals surface area contributed by atoms with Gasteiger partial charge in [0.1, 0.15) is 0 Å². The van der Waals surface area contributed by atoms with Gasteiger partial charge in [-0.1, -0.05) is 25.4 Å². The number of nitro groups is 1. The molecule has 0 radical (unpaired) electrons. The summed E-state index contributed by atoms with van der Waals surface area (Å²) in [6, 6.07) is 4.23. The third kappa shape index (κ3) is 5.23. The van der Waals surface area contributed by atoms with Crippen LogP contribution in [0.5, 0.6) is 0 Å². The number of non-ortho nitro benzene ring substituents is 1. The number of hydrogen-bond donors (Lipinski definition) is 2. The molecule has 0 fully saturated rings. The number of halogens is 1. The normalized spacial score (nSPS) is 10.5. The van der Waals surface area contributed by atoms with Crippen LogP contribution in [0.4, 0.5) is 11.4 Å². The van der Waals surface area contributed by atoms with Crippen molar-refractivity contribution in [1.29, 1.82) is 0 Å². The Labute approximate surface area is 116 Å². The fraction of sp³-hybridized carbons (Fsp3) is 0.417. The Kier molecular flexibility index (Phi) is 5.72. The summed E-state index contributed by atoms with van der Waals surface area (Å²) in [5.41, 5.74) is 0.144. The molecule has 1 aromatic rings. The minimum absolute atomic E-state index is 0.111. The van der Waals surface area contributed by atoms with Gasteiger partial charge in [0.05, 0.1) is 15.6 Å². The van der Waals surface area contributed by atoms with Crippen molar-refractivity contribution in [3.8, 4) is 0 Å². The number of hydrogen-bond acceptors (Lipinski definition) is 4. The summed E-state index contributed by atoms with van der Waals surface area (Å²) >= 11 is 5.88. The predicted octanol–water partition coefficient (Wildman–Crippen LogP) is 2.57. The lowest BCUT2D eigenvalue weighted by Crippen LogP contribution is -2.27. The number of nitrogens with zero attached hydrogens (tertiary/aromatic N) is 1. The molecule has 0 saturated carbocycles. The van der Waals surface area contributed by atoms with E-state index in [-0.39, 0.29) is 28.7 Å². The van der Waals surface area contributed by atoms with Crippen molar-refractivity contribution >= 4 is 28.9 Å². The van der Waals surface area contributed by atoms with Gasteiger partial charge in [0.2, 0.25) is 5.91 Å². The van der Waals surface area contributed by atoms with Crippen LogP contribution in [0.3, 0.4) is 0 Å². The van der Waals surface area contributed by atoms with E-state index < -0.39 is 4.92 Å². The quantitative estimate of drug-likeness (QED) is 0.621. The molecule has 6 nitrogen and oxygen atoms in total. The third-order valence-electron chi connectivity index (χ3n) is 2.34. The second kappa shape index (κ2) is 7.06. The first-order valence-electron chi connectivity index (χ1n) is 5.87. The summed E-state index contributed by atoms with van der Waals surface area (Å²) < 4.78 is 0. The van der Waals surface area contributed by atoms with E-state index in [4.69, 9.17) is 11.6 Å². The van der Waals surface area contributed by atoms with E-state index >= 15 is 0 Å². The number of rotatable bonds is 6. The van der Waals surface area contributed by atoms with Crippen molar-refractivity contribution < 1.29 is 9.72 Å². The topological polar surface area (TPSA) is 84.3 Å². The highest BCUT2D eigenvalue weighted by atomic mass is 35.5. The summed E-state index contributed by atoms with van der Waals surface area (Å²) in [4.78, 5) is 21.7. The highest BCUT2D eigenvalue weighted by Crippen LogP contribution is 2.26. The lowest BCUT2D eigenvalue weighted by molar-refractivity contribution is -0.384. The molecule has 0 aliphatic rings. The molecular formula is C12H16ClN3O3. The molecule has 0 spiro atoms. The molecule has 0 atom stereocenters. The van der Waals surface area contributed by atoms with E-state index in [0.717, 1.165) is 0 Å². The van der Waals surface area contributed by atoms with E-state index in [1.807, 2.05) is 13.8 Å². The largest absolute Gasteiger partial charge is 0.325 e. The number of nitrogens with one attached hydrogen (secondary N) is 2. The number of nitro benzene ring substituents is 1. The monoisotopic (exact) mass is 285 g/mol. The van der Waals surface area contributed by atoms with Crippen molar-refractivity contribution in [2.45, 2.75) is 26.3 Å². The molecule has 0 saturated heterocycles. The molecule has 0 aromatic heterocycles. The Morgan fingerprint density at radius 1 is 1.47 bits per heavy atom. The first-order valence-corrected chi connectivity index (χ1v) is 6.25. The SMILES string of the molecule is CC(C)NCCC(=O)Nc1cc([N+](=O)[O-])ccc1Cl. The van der Waals surface area contributed by atoms with Crippen LogP contribution in [-0.2, 0) is 4.79 Å². The molecule has 2 N–H and O–H groups in total. The Hall–Kier alpha value is -1.66. The van der Waals surface area contributed by atoms with Gasteiger partial charge in [0, 0.05) is 31.1 Å². The predicted molar refractivity (Wildman–Crippen MR) is 74.5 cm³/mol. The summed E-state index contributed by atoms with van der Waals surface area (Å²) in [6.45, 7) is 4.50. The number of anilines is 1. The number of carbonyl (C=O) groups excluding carboxylic acids is 1. The Morgan fingerprint density at radius 2 is 2.16 bits per heavy atom. The highest BCUT2D eigenvalue weighted by molar-refractivity contribution is 6.33. The Balaban J connectivity index is 2.63. The standard InChI is InChI=1S/C12H16ClN3O3/c1-8(2)14-6-5-12(17)15-11-7-9(16(18)19)3-4-10(11)13/h3-4,7-8,14H,5-6H2,1-2H3,(H,15,17). The maximum Gasteiger partial charge on any atom is 0.271 e. The van der Waals surface area contributed by atoms with Crippen molar-refractivity contribution in [2.24, 2.45) is 0 Å². The minimum Gasteiger partial charge on any atom is -0.325 e. The molecule has 0 aliphatic carbocycles. The van der Waals surface area contributed by atoms with Gasteiger partial charge in [-0.3, -0.25) is 14.9 Å². The zero-order valence-electron chi connectivity index (χ0n) is 10.8. The van der Waals surface area contributed by atoms with Crippen LogP contribution in [0, 0.1) is 10.1 Å². The smallest absolute Gasteiger partial charge is 0.271 e. The van der Waals surface area contributed by atoms with E-state index in [0.29, 0.717) is 12.6 Å². The highest BCUT2D eigenvalue weighted by Gasteiger charge is 2.11. The van der Waals surface area contributed by atoms with Crippen molar-refractivity contribution in [3.63, 3.8) is 0 Å². The van der Waals surface area contributed by atoms with Crippen molar-refractivity contribution in [2.75, 3.05) is 11.9 Å². The van der Waals surface area contributed by atoms with Crippen LogP contribution in [0.2, 0.25) is 5.02 Å². The average molecular weight is 286 g/mol. The average Bonchev–Trinajstić information content (AvgIpc) is 2.31. The molecule has 0 heterocycles. The first-order chi connectivity index (χ1) is 8.90. The van der Waals surface area contributed by atoms with Gasteiger partial charge < -0.3 is 10.6 Å². The minimum atomic E-state index is -0.535. The van der Waals surface area contributed by atoms with Crippen LogP contribution >= 0.6 is 11.6 Å². The molecular weight excluding hydrogens is 270 g/mol. The summed E-state index contributed by atoms with van der Waals surface area (Å²) in [7, 11) is 0. The van der Waals surface area contributed by atoms with Crippen LogP contribution in [0.25, 0.3) is 0 Å². The van der Waals surface area contributed by atoms with Crippen molar-refractivity contribution in [3.05, 3.63) is 33.3 Å². The van der Waals surface area contributed by atoms with Gasteiger partial charge in [-0.2, -0.15) is 0 Å². The van der Waals surface area contributed by atoms with Gasteiger partial charge in [0.15, 0.2) is 0 Å². The third-order valence-corrected chi connectivity index (χ3v) is 2.67. The van der Waals surface area contributed by atoms with E-state index in [1.165, 1.54) is 18.2 Å². The lowest BCUT2D eigenvalue weighted by Gasteiger charge is -2.09. The lowest BCUT2D eigenvalue weighted by atomic mass is 10.2. The van der Waals surface area contributed by atoms with Gasteiger partial charge in [-0.25, -0.2) is 0 Å². The van der Waals surface area contributed by atoms with Gasteiger partial charge in [0.25, 0.3) is 5.69 Å². The summed E-state index contributed by atoms with van der Waals surface area (Å²) in [6.07, 6.45) is 0.275. The van der Waals surface area contributed by atoms with Crippen molar-refractivity contribution in [1.82, 2.24) is 5.32 Å². The van der Waals surface area contributed by atoms with Gasteiger partial charge in [-0.05, 0) is 6.07 Å². The first kappa shape index (κ1) is 15.4. The zero-order chi connectivity index (χ0) is 14.4. The van der Waals surface area contributed by atoms with Gasteiger partial charge >= 0.3 is 0 Å². The van der Waals surface area contributed by atoms with Crippen LogP contribution in [-0.4, -0.2) is 23.4 Å². The molecule has 1 aromatic carbocycles. The van der Waals surface area contributed by atoms with Crippen LogP contribution in [0.15, 0.2) is 18.2 Å². The van der Waals surface area contributed by atoms with E-state index in [2.05, 4.69) is 10.6 Å². The van der Waals surface area contributed by atoms with Crippen LogP contribution < -0.4 is 10.6 Å². The van der Waals surface area contributed by atoms with E-state index in [9.17, 15) is 14.9 Å². The second-order valence-electron chi connectivity index (χ2n) is 4.33. The molecule has 19 heavy (non-hydrogen) atoms.